The Balaban J connectivity index is 1.69. The Morgan fingerprint density at radius 2 is 1.67 bits per heavy atom. The van der Waals surface area contributed by atoms with E-state index in [4.69, 9.17) is 4.74 Å². The van der Waals surface area contributed by atoms with Crippen LogP contribution in [0.3, 0.4) is 0 Å². The van der Waals surface area contributed by atoms with Gasteiger partial charge in [-0.2, -0.15) is 11.8 Å². The average Bonchev–Trinajstić information content (AvgIpc) is 2.99. The van der Waals surface area contributed by atoms with Crippen LogP contribution < -0.4 is 5.32 Å². The Kier molecular flexibility index (Phi) is 6.83. The van der Waals surface area contributed by atoms with Crippen molar-refractivity contribution in [2.24, 2.45) is 0 Å². The molecule has 1 aliphatic heterocycles. The fourth-order valence-corrected chi connectivity index (χ4v) is 3.51. The van der Waals surface area contributed by atoms with Crippen molar-refractivity contribution in [3.63, 3.8) is 0 Å². The summed E-state index contributed by atoms with van der Waals surface area (Å²) >= 11 is 1.44. The maximum Gasteiger partial charge on any atom is 0.329 e. The third kappa shape index (κ3) is 4.51. The fraction of sp³-hybridized carbons (Fsp3) is 0.238. The lowest BCUT2D eigenvalue weighted by atomic mass is 10.1. The zero-order valence-corrected chi connectivity index (χ0v) is 16.9. The first-order valence-corrected chi connectivity index (χ1v) is 10.5. The van der Waals surface area contributed by atoms with E-state index in [2.05, 4.69) is 5.32 Å². The number of halogens is 1. The maximum atomic E-state index is 13.6. The molecule has 1 aliphatic rings. The highest BCUT2D eigenvalue weighted by atomic mass is 32.2. The van der Waals surface area contributed by atoms with Crippen LogP contribution in [0.2, 0.25) is 0 Å². The number of carbonyl (C=O) groups is 4. The summed E-state index contributed by atoms with van der Waals surface area (Å²) < 4.78 is 18.7. The van der Waals surface area contributed by atoms with Gasteiger partial charge in [-0.05, 0) is 42.7 Å². The second-order valence-corrected chi connectivity index (χ2v) is 7.44. The van der Waals surface area contributed by atoms with Crippen molar-refractivity contribution < 1.29 is 28.3 Å². The molecular weight excluding hydrogens is 411 g/mol. The van der Waals surface area contributed by atoms with Crippen molar-refractivity contribution >= 4 is 41.1 Å². The third-order valence-corrected chi connectivity index (χ3v) is 5.14. The summed E-state index contributed by atoms with van der Waals surface area (Å²) in [6.45, 7) is -0.674. The molecule has 3 rings (SSSR count). The molecule has 0 unspecified atom stereocenters. The number of rotatable bonds is 8. The number of ether oxygens (including phenoxy) is 1. The van der Waals surface area contributed by atoms with Gasteiger partial charge in [0.1, 0.15) is 11.9 Å². The number of fused-ring (bicyclic) bond motifs is 1. The fourth-order valence-electron chi connectivity index (χ4n) is 3.05. The van der Waals surface area contributed by atoms with Crippen LogP contribution >= 0.6 is 11.8 Å². The molecule has 1 heterocycles. The summed E-state index contributed by atoms with van der Waals surface area (Å²) in [5, 5.41) is 2.31. The molecule has 0 bridgehead atoms. The zero-order valence-electron chi connectivity index (χ0n) is 16.1. The smallest absolute Gasteiger partial charge is 0.329 e. The number of benzene rings is 2. The van der Waals surface area contributed by atoms with Crippen molar-refractivity contribution in [3.05, 3.63) is 65.5 Å². The van der Waals surface area contributed by atoms with Crippen LogP contribution in [-0.4, -0.2) is 53.2 Å². The average molecular weight is 430 g/mol. The molecule has 0 aliphatic carbocycles. The van der Waals surface area contributed by atoms with E-state index >= 15 is 0 Å². The summed E-state index contributed by atoms with van der Waals surface area (Å²) in [5.74, 6) is -2.89. The van der Waals surface area contributed by atoms with Gasteiger partial charge in [-0.1, -0.05) is 24.3 Å². The number of anilines is 1. The van der Waals surface area contributed by atoms with Gasteiger partial charge in [-0.3, -0.25) is 19.3 Å². The summed E-state index contributed by atoms with van der Waals surface area (Å²) in [4.78, 5) is 51.0. The Hall–Kier alpha value is -3.20. The van der Waals surface area contributed by atoms with Crippen LogP contribution in [0.4, 0.5) is 10.1 Å². The van der Waals surface area contributed by atoms with E-state index in [1.165, 1.54) is 42.1 Å². The van der Waals surface area contributed by atoms with Gasteiger partial charge in [-0.15, -0.1) is 0 Å². The lowest BCUT2D eigenvalue weighted by molar-refractivity contribution is -0.151. The molecule has 2 aromatic carbocycles. The summed E-state index contributed by atoms with van der Waals surface area (Å²) in [7, 11) is 0. The van der Waals surface area contributed by atoms with E-state index in [0.717, 1.165) is 4.90 Å². The first-order chi connectivity index (χ1) is 14.4. The number of nitrogens with zero attached hydrogens (tertiary/aromatic N) is 1. The van der Waals surface area contributed by atoms with Crippen LogP contribution in [0, 0.1) is 5.82 Å². The number of hydrogen-bond acceptors (Lipinski definition) is 6. The van der Waals surface area contributed by atoms with E-state index in [0.29, 0.717) is 5.75 Å². The number of amides is 3. The molecular formula is C21H19FN2O5S. The molecule has 1 N–H and O–H groups in total. The van der Waals surface area contributed by atoms with Gasteiger partial charge in [-0.25, -0.2) is 9.18 Å². The first-order valence-electron chi connectivity index (χ1n) is 9.11. The highest BCUT2D eigenvalue weighted by Crippen LogP contribution is 2.26. The minimum Gasteiger partial charge on any atom is -0.454 e. The Morgan fingerprint density at radius 3 is 2.27 bits per heavy atom. The molecule has 0 fully saturated rings. The van der Waals surface area contributed by atoms with Crippen molar-refractivity contribution in [2.45, 2.75) is 12.5 Å². The summed E-state index contributed by atoms with van der Waals surface area (Å²) in [6, 6.07) is 10.7. The number of thioether (sulfide) groups is 1. The molecule has 30 heavy (non-hydrogen) atoms. The molecule has 2 aromatic rings. The molecule has 0 radical (unpaired) electrons. The molecule has 1 atom stereocenters. The van der Waals surface area contributed by atoms with Crippen molar-refractivity contribution in [1.82, 2.24) is 4.90 Å². The SMILES string of the molecule is CSCC[C@@H](C(=O)OCC(=O)Nc1ccccc1F)N1C(=O)c2ccccc2C1=O. The highest BCUT2D eigenvalue weighted by molar-refractivity contribution is 7.98. The standard InChI is InChI=1S/C21H19FN2O5S/c1-30-11-10-17(24-19(26)13-6-2-3-7-14(13)20(24)27)21(28)29-12-18(25)23-16-9-5-4-8-15(16)22/h2-9,17H,10-12H2,1H3,(H,23,25)/t17-/m0/s1. The van der Waals surface area contributed by atoms with Gasteiger partial charge in [0, 0.05) is 0 Å². The number of imide groups is 1. The number of para-hydroxylation sites is 1. The molecule has 9 heteroatoms. The summed E-state index contributed by atoms with van der Waals surface area (Å²) in [6.07, 6.45) is 2.01. The van der Waals surface area contributed by atoms with Crippen LogP contribution in [0.15, 0.2) is 48.5 Å². The molecule has 7 nitrogen and oxygen atoms in total. The van der Waals surface area contributed by atoms with E-state index in [1.807, 2.05) is 6.26 Å². The number of hydrogen-bond donors (Lipinski definition) is 1. The van der Waals surface area contributed by atoms with E-state index in [1.54, 1.807) is 18.2 Å². The largest absolute Gasteiger partial charge is 0.454 e. The van der Waals surface area contributed by atoms with Crippen LogP contribution in [-0.2, 0) is 14.3 Å². The van der Waals surface area contributed by atoms with Crippen LogP contribution in [0.1, 0.15) is 27.1 Å². The maximum absolute atomic E-state index is 13.6. The van der Waals surface area contributed by atoms with Gasteiger partial charge in [0.2, 0.25) is 0 Å². The first kappa shape index (κ1) is 21.5. The third-order valence-electron chi connectivity index (χ3n) is 4.50. The van der Waals surface area contributed by atoms with Crippen molar-refractivity contribution in [3.8, 4) is 0 Å². The van der Waals surface area contributed by atoms with Gasteiger partial charge >= 0.3 is 5.97 Å². The van der Waals surface area contributed by atoms with E-state index in [-0.39, 0.29) is 23.2 Å². The topological polar surface area (TPSA) is 92.8 Å². The van der Waals surface area contributed by atoms with E-state index < -0.39 is 42.2 Å². The Bertz CT molecular complexity index is 962. The second kappa shape index (κ2) is 9.53. The van der Waals surface area contributed by atoms with Gasteiger partial charge in [0.05, 0.1) is 16.8 Å². The quantitative estimate of drug-likeness (QED) is 0.511. The lowest BCUT2D eigenvalue weighted by Gasteiger charge is -2.24. The minimum absolute atomic E-state index is 0.0437. The Labute approximate surface area is 176 Å². The molecule has 156 valence electrons. The predicted octanol–water partition coefficient (Wildman–Crippen LogP) is 2.73. The Morgan fingerprint density at radius 1 is 1.07 bits per heavy atom. The van der Waals surface area contributed by atoms with Crippen molar-refractivity contribution in [1.29, 1.82) is 0 Å². The van der Waals surface area contributed by atoms with Gasteiger partial charge < -0.3 is 10.1 Å². The molecule has 0 saturated heterocycles. The number of nitrogens with one attached hydrogen (secondary N) is 1. The molecule has 0 aromatic heterocycles. The number of carbonyl (C=O) groups excluding carboxylic acids is 4. The monoisotopic (exact) mass is 430 g/mol. The van der Waals surface area contributed by atoms with Gasteiger partial charge in [0.15, 0.2) is 6.61 Å². The van der Waals surface area contributed by atoms with Gasteiger partial charge in [0.25, 0.3) is 17.7 Å². The second-order valence-electron chi connectivity index (χ2n) is 6.46. The van der Waals surface area contributed by atoms with Crippen LogP contribution in [0.25, 0.3) is 0 Å². The number of esters is 1. The molecule has 0 saturated carbocycles. The highest BCUT2D eigenvalue weighted by Gasteiger charge is 2.43. The predicted molar refractivity (Wildman–Crippen MR) is 110 cm³/mol. The molecule has 0 spiro atoms. The normalized spacial score (nSPS) is 13.7. The lowest BCUT2D eigenvalue weighted by Crippen LogP contribution is -2.46. The van der Waals surface area contributed by atoms with E-state index in [9.17, 15) is 23.6 Å². The van der Waals surface area contributed by atoms with Crippen molar-refractivity contribution in [2.75, 3.05) is 23.9 Å². The zero-order chi connectivity index (χ0) is 21.7. The van der Waals surface area contributed by atoms with Crippen LogP contribution in [0.5, 0.6) is 0 Å². The summed E-state index contributed by atoms with van der Waals surface area (Å²) in [5.41, 5.74) is 0.404. The minimum atomic E-state index is -1.16. The molecule has 3 amide bonds.